The Morgan fingerprint density at radius 2 is 1.95 bits per heavy atom. The summed E-state index contributed by atoms with van der Waals surface area (Å²) in [5.41, 5.74) is 3.36. The highest BCUT2D eigenvalue weighted by molar-refractivity contribution is 7.92. The number of aromatic amines is 1. The third kappa shape index (κ3) is 3.57. The van der Waals surface area contributed by atoms with Crippen LogP contribution in [0.3, 0.4) is 0 Å². The molecule has 6 heteroatoms. The fourth-order valence-corrected chi connectivity index (χ4v) is 2.91. The smallest absolute Gasteiger partial charge is 0.232 e. The summed E-state index contributed by atoms with van der Waals surface area (Å²) >= 11 is 0. The van der Waals surface area contributed by atoms with Gasteiger partial charge in [0.2, 0.25) is 10.0 Å². The number of benzene rings is 1. The normalized spacial score (nSPS) is 11.5. The van der Waals surface area contributed by atoms with Gasteiger partial charge in [0.15, 0.2) is 0 Å². The zero-order valence-electron chi connectivity index (χ0n) is 11.0. The number of aryl methyl sites for hydroxylation is 1. The Kier molecular flexibility index (Phi) is 3.90. The Bertz CT molecular complexity index is 645. The van der Waals surface area contributed by atoms with Crippen molar-refractivity contribution in [3.05, 3.63) is 36.0 Å². The molecule has 0 aliphatic heterocycles. The first-order chi connectivity index (χ1) is 9.00. The van der Waals surface area contributed by atoms with Crippen molar-refractivity contribution in [1.82, 2.24) is 10.2 Å². The third-order valence-electron chi connectivity index (χ3n) is 2.63. The van der Waals surface area contributed by atoms with Crippen molar-refractivity contribution in [2.45, 2.75) is 20.3 Å². The van der Waals surface area contributed by atoms with Crippen molar-refractivity contribution in [3.8, 4) is 11.3 Å². The van der Waals surface area contributed by atoms with Crippen LogP contribution in [0.4, 0.5) is 5.69 Å². The van der Waals surface area contributed by atoms with Crippen molar-refractivity contribution in [1.29, 1.82) is 0 Å². The quantitative estimate of drug-likeness (QED) is 0.883. The number of anilines is 1. The van der Waals surface area contributed by atoms with Crippen LogP contribution < -0.4 is 4.72 Å². The fourth-order valence-electron chi connectivity index (χ4n) is 1.77. The molecule has 2 aromatic rings. The summed E-state index contributed by atoms with van der Waals surface area (Å²) in [5.74, 6) is 0.132. The number of hydrogen-bond donors (Lipinski definition) is 2. The van der Waals surface area contributed by atoms with Gasteiger partial charge in [-0.3, -0.25) is 9.82 Å². The summed E-state index contributed by atoms with van der Waals surface area (Å²) in [6.07, 6.45) is 0.597. The van der Waals surface area contributed by atoms with Gasteiger partial charge in [-0.2, -0.15) is 5.10 Å². The summed E-state index contributed by atoms with van der Waals surface area (Å²) < 4.78 is 25.8. The van der Waals surface area contributed by atoms with Gasteiger partial charge in [0, 0.05) is 16.9 Å². The molecule has 0 unspecified atom stereocenters. The van der Waals surface area contributed by atoms with Gasteiger partial charge in [-0.25, -0.2) is 8.42 Å². The van der Waals surface area contributed by atoms with Crippen molar-refractivity contribution < 1.29 is 8.42 Å². The largest absolute Gasteiger partial charge is 0.284 e. The molecule has 1 heterocycles. The van der Waals surface area contributed by atoms with E-state index in [0.717, 1.165) is 17.0 Å². The molecule has 0 spiro atoms. The van der Waals surface area contributed by atoms with E-state index >= 15 is 0 Å². The van der Waals surface area contributed by atoms with Crippen LogP contribution in [0.15, 0.2) is 30.3 Å². The molecule has 1 aromatic carbocycles. The topological polar surface area (TPSA) is 74.8 Å². The maximum Gasteiger partial charge on any atom is 0.232 e. The molecule has 2 rings (SSSR count). The minimum Gasteiger partial charge on any atom is -0.284 e. The van der Waals surface area contributed by atoms with E-state index < -0.39 is 10.0 Å². The average molecular weight is 279 g/mol. The van der Waals surface area contributed by atoms with Gasteiger partial charge in [-0.1, -0.05) is 19.1 Å². The summed E-state index contributed by atoms with van der Waals surface area (Å²) in [7, 11) is -3.23. The van der Waals surface area contributed by atoms with Crippen molar-refractivity contribution in [2.24, 2.45) is 0 Å². The van der Waals surface area contributed by atoms with Crippen LogP contribution in [-0.4, -0.2) is 24.4 Å². The zero-order valence-corrected chi connectivity index (χ0v) is 11.8. The Balaban J connectivity index is 2.15. The number of sulfonamides is 1. The van der Waals surface area contributed by atoms with Crippen LogP contribution >= 0.6 is 0 Å². The van der Waals surface area contributed by atoms with Gasteiger partial charge in [-0.05, 0) is 31.5 Å². The fraction of sp³-hybridized carbons (Fsp3) is 0.308. The van der Waals surface area contributed by atoms with Gasteiger partial charge in [0.05, 0.1) is 11.4 Å². The standard InChI is InChI=1S/C13H17N3O2S/c1-3-8-19(17,18)16-12-6-4-11(5-7-12)13-9-10(2)14-15-13/h4-7,9,16H,3,8H2,1-2H3,(H,14,15). The van der Waals surface area contributed by atoms with Crippen LogP contribution in [0, 0.1) is 6.92 Å². The molecular weight excluding hydrogens is 262 g/mol. The van der Waals surface area contributed by atoms with Crippen molar-refractivity contribution >= 4 is 15.7 Å². The van der Waals surface area contributed by atoms with Gasteiger partial charge >= 0.3 is 0 Å². The molecule has 19 heavy (non-hydrogen) atoms. The lowest BCUT2D eigenvalue weighted by Crippen LogP contribution is -2.15. The van der Waals surface area contributed by atoms with Gasteiger partial charge in [-0.15, -0.1) is 0 Å². The first-order valence-corrected chi connectivity index (χ1v) is 7.78. The van der Waals surface area contributed by atoms with Crippen LogP contribution in [0.2, 0.25) is 0 Å². The minimum absolute atomic E-state index is 0.132. The lowest BCUT2D eigenvalue weighted by atomic mass is 10.1. The molecule has 2 N–H and O–H groups in total. The van der Waals surface area contributed by atoms with E-state index in [1.54, 1.807) is 12.1 Å². The summed E-state index contributed by atoms with van der Waals surface area (Å²) in [6.45, 7) is 3.77. The van der Waals surface area contributed by atoms with Gasteiger partial charge in [0.25, 0.3) is 0 Å². The molecule has 0 fully saturated rings. The number of nitrogens with one attached hydrogen (secondary N) is 2. The summed E-state index contributed by atoms with van der Waals surface area (Å²) in [6, 6.07) is 9.12. The molecule has 0 amide bonds. The second kappa shape index (κ2) is 5.44. The molecule has 0 saturated carbocycles. The Hall–Kier alpha value is -1.82. The molecule has 0 saturated heterocycles. The van der Waals surface area contributed by atoms with E-state index in [0.29, 0.717) is 12.1 Å². The van der Waals surface area contributed by atoms with E-state index in [-0.39, 0.29) is 5.75 Å². The molecule has 0 aliphatic rings. The average Bonchev–Trinajstić information content (AvgIpc) is 2.76. The number of rotatable bonds is 5. The highest BCUT2D eigenvalue weighted by Crippen LogP contribution is 2.20. The second-order valence-electron chi connectivity index (χ2n) is 4.43. The van der Waals surface area contributed by atoms with Crippen molar-refractivity contribution in [3.63, 3.8) is 0 Å². The van der Waals surface area contributed by atoms with Crippen LogP contribution in [-0.2, 0) is 10.0 Å². The molecule has 0 aliphatic carbocycles. The summed E-state index contributed by atoms with van der Waals surface area (Å²) in [5, 5.41) is 7.03. The molecule has 102 valence electrons. The van der Waals surface area contributed by atoms with E-state index in [1.807, 2.05) is 32.0 Å². The predicted molar refractivity (Wildman–Crippen MR) is 76.5 cm³/mol. The van der Waals surface area contributed by atoms with E-state index in [4.69, 9.17) is 0 Å². The highest BCUT2D eigenvalue weighted by atomic mass is 32.2. The Morgan fingerprint density at radius 1 is 1.26 bits per heavy atom. The summed E-state index contributed by atoms with van der Waals surface area (Å²) in [4.78, 5) is 0. The van der Waals surface area contributed by atoms with Crippen LogP contribution in [0.5, 0.6) is 0 Å². The number of aromatic nitrogens is 2. The molecule has 0 radical (unpaired) electrons. The highest BCUT2D eigenvalue weighted by Gasteiger charge is 2.09. The molecule has 5 nitrogen and oxygen atoms in total. The lowest BCUT2D eigenvalue weighted by molar-refractivity contribution is 0.600. The first kappa shape index (κ1) is 13.6. The van der Waals surface area contributed by atoms with E-state index in [9.17, 15) is 8.42 Å². The van der Waals surface area contributed by atoms with Gasteiger partial charge in [0.1, 0.15) is 0 Å². The predicted octanol–water partition coefficient (Wildman–Crippen LogP) is 2.54. The maximum atomic E-state index is 11.6. The molecule has 1 aromatic heterocycles. The third-order valence-corrected chi connectivity index (χ3v) is 4.13. The lowest BCUT2D eigenvalue weighted by Gasteiger charge is -2.07. The van der Waals surface area contributed by atoms with Gasteiger partial charge < -0.3 is 0 Å². The maximum absolute atomic E-state index is 11.6. The Morgan fingerprint density at radius 3 is 2.47 bits per heavy atom. The van der Waals surface area contributed by atoms with Crippen LogP contribution in [0.25, 0.3) is 11.3 Å². The number of H-pyrrole nitrogens is 1. The molecule has 0 atom stereocenters. The molecular formula is C13H17N3O2S. The van der Waals surface area contributed by atoms with Crippen molar-refractivity contribution in [2.75, 3.05) is 10.5 Å². The van der Waals surface area contributed by atoms with E-state index in [1.165, 1.54) is 0 Å². The van der Waals surface area contributed by atoms with Crippen LogP contribution in [0.1, 0.15) is 19.0 Å². The molecule has 0 bridgehead atoms. The second-order valence-corrected chi connectivity index (χ2v) is 6.28. The first-order valence-electron chi connectivity index (χ1n) is 6.13. The number of nitrogens with zero attached hydrogens (tertiary/aromatic N) is 1. The minimum atomic E-state index is -3.23. The monoisotopic (exact) mass is 279 g/mol. The van der Waals surface area contributed by atoms with E-state index in [2.05, 4.69) is 14.9 Å². The number of hydrogen-bond acceptors (Lipinski definition) is 3. The SMILES string of the molecule is CCCS(=O)(=O)Nc1ccc(-c2cc(C)[nH]n2)cc1. The zero-order chi connectivity index (χ0) is 13.9. The Labute approximate surface area is 113 Å².